The van der Waals surface area contributed by atoms with Gasteiger partial charge in [0.05, 0.1) is 13.7 Å². The van der Waals surface area contributed by atoms with Crippen LogP contribution in [0.15, 0.2) is 58.3 Å². The molecule has 0 heterocycles. The molecule has 130 valence electrons. The fourth-order valence-corrected chi connectivity index (χ4v) is 3.04. The molecule has 0 fully saturated rings. The molecule has 2 rings (SSSR count). The van der Waals surface area contributed by atoms with Crippen molar-refractivity contribution in [3.05, 3.63) is 54.1 Å². The van der Waals surface area contributed by atoms with E-state index in [0.29, 0.717) is 13.0 Å². The first kappa shape index (κ1) is 18.7. The number of ether oxygens (including phenoxy) is 1. The van der Waals surface area contributed by atoms with Gasteiger partial charge in [-0.2, -0.15) is 13.2 Å². The van der Waals surface area contributed by atoms with E-state index in [1.807, 2.05) is 48.5 Å². The summed E-state index contributed by atoms with van der Waals surface area (Å²) in [7, 11) is 1.64. The van der Waals surface area contributed by atoms with Gasteiger partial charge in [-0.25, -0.2) is 0 Å². The van der Waals surface area contributed by atoms with Crippen molar-refractivity contribution in [3.8, 4) is 5.75 Å². The third kappa shape index (κ3) is 6.84. The van der Waals surface area contributed by atoms with Gasteiger partial charge < -0.3 is 10.1 Å². The Morgan fingerprint density at radius 3 is 2.46 bits per heavy atom. The predicted molar refractivity (Wildman–Crippen MR) is 90.8 cm³/mol. The normalized spacial score (nSPS) is 11.5. The van der Waals surface area contributed by atoms with Gasteiger partial charge in [-0.15, -0.1) is 0 Å². The minimum Gasteiger partial charge on any atom is -0.497 e. The summed E-state index contributed by atoms with van der Waals surface area (Å²) in [6, 6.07) is 15.9. The number of rotatable bonds is 8. The standard InChI is InChI=1S/C18H20F3NOS/c1-23-15-5-2-6-17(12-15)24-16-9-7-14(8-10-16)4-3-11-22-13-18(19,20)21/h2,5-10,12,22H,3-4,11,13H2,1H3. The minimum atomic E-state index is -4.14. The van der Waals surface area contributed by atoms with Gasteiger partial charge in [0.1, 0.15) is 5.75 Å². The van der Waals surface area contributed by atoms with Crippen LogP contribution in [0.1, 0.15) is 12.0 Å². The highest BCUT2D eigenvalue weighted by molar-refractivity contribution is 7.99. The quantitative estimate of drug-likeness (QED) is 0.679. The molecule has 0 aliphatic carbocycles. The molecule has 2 nitrogen and oxygen atoms in total. The third-order valence-electron chi connectivity index (χ3n) is 3.34. The van der Waals surface area contributed by atoms with E-state index in [2.05, 4.69) is 5.32 Å². The molecule has 0 radical (unpaired) electrons. The molecule has 24 heavy (non-hydrogen) atoms. The summed E-state index contributed by atoms with van der Waals surface area (Å²) in [4.78, 5) is 2.21. The fraction of sp³-hybridized carbons (Fsp3) is 0.333. The molecule has 0 atom stereocenters. The average Bonchev–Trinajstić information content (AvgIpc) is 2.55. The number of hydrogen-bond donors (Lipinski definition) is 1. The van der Waals surface area contributed by atoms with Crippen LogP contribution in [-0.4, -0.2) is 26.4 Å². The fourth-order valence-electron chi connectivity index (χ4n) is 2.17. The topological polar surface area (TPSA) is 21.3 Å². The largest absolute Gasteiger partial charge is 0.497 e. The van der Waals surface area contributed by atoms with Crippen LogP contribution in [0.2, 0.25) is 0 Å². The van der Waals surface area contributed by atoms with Crippen molar-refractivity contribution < 1.29 is 17.9 Å². The third-order valence-corrected chi connectivity index (χ3v) is 4.34. The van der Waals surface area contributed by atoms with Crippen LogP contribution >= 0.6 is 11.8 Å². The first-order chi connectivity index (χ1) is 11.5. The lowest BCUT2D eigenvalue weighted by Crippen LogP contribution is -2.29. The second-order valence-electron chi connectivity index (χ2n) is 5.32. The second kappa shape index (κ2) is 8.99. The van der Waals surface area contributed by atoms with Gasteiger partial charge in [-0.05, 0) is 55.3 Å². The summed E-state index contributed by atoms with van der Waals surface area (Å²) in [5.41, 5.74) is 1.12. The maximum atomic E-state index is 12.0. The number of alkyl halides is 3. The van der Waals surface area contributed by atoms with Crippen molar-refractivity contribution in [1.29, 1.82) is 0 Å². The Morgan fingerprint density at radius 2 is 1.79 bits per heavy atom. The van der Waals surface area contributed by atoms with E-state index in [0.717, 1.165) is 27.5 Å². The van der Waals surface area contributed by atoms with Crippen LogP contribution in [0.3, 0.4) is 0 Å². The maximum Gasteiger partial charge on any atom is 0.401 e. The van der Waals surface area contributed by atoms with E-state index in [1.165, 1.54) is 0 Å². The number of hydrogen-bond acceptors (Lipinski definition) is 3. The van der Waals surface area contributed by atoms with E-state index in [1.54, 1.807) is 18.9 Å². The molecule has 1 N–H and O–H groups in total. The van der Waals surface area contributed by atoms with Crippen molar-refractivity contribution in [3.63, 3.8) is 0 Å². The Bertz CT molecular complexity index is 629. The Morgan fingerprint density at radius 1 is 1.04 bits per heavy atom. The van der Waals surface area contributed by atoms with Gasteiger partial charge in [0, 0.05) is 9.79 Å². The van der Waals surface area contributed by atoms with Crippen molar-refractivity contribution in [2.75, 3.05) is 20.2 Å². The molecule has 0 saturated heterocycles. The van der Waals surface area contributed by atoms with Crippen LogP contribution in [0.5, 0.6) is 5.75 Å². The van der Waals surface area contributed by atoms with Gasteiger partial charge in [-0.1, -0.05) is 30.0 Å². The van der Waals surface area contributed by atoms with Gasteiger partial charge >= 0.3 is 6.18 Å². The van der Waals surface area contributed by atoms with E-state index >= 15 is 0 Å². The monoisotopic (exact) mass is 355 g/mol. The maximum absolute atomic E-state index is 12.0. The lowest BCUT2D eigenvalue weighted by atomic mass is 10.1. The summed E-state index contributed by atoms with van der Waals surface area (Å²) < 4.78 is 41.2. The lowest BCUT2D eigenvalue weighted by Gasteiger charge is -2.08. The molecule has 2 aromatic carbocycles. The van der Waals surface area contributed by atoms with Crippen molar-refractivity contribution in [2.24, 2.45) is 0 Å². The summed E-state index contributed by atoms with van der Waals surface area (Å²) in [6.45, 7) is -0.567. The molecule has 0 unspecified atom stereocenters. The molecular formula is C18H20F3NOS. The van der Waals surface area contributed by atoms with Crippen LogP contribution in [-0.2, 0) is 6.42 Å². The smallest absolute Gasteiger partial charge is 0.401 e. The molecule has 0 spiro atoms. The summed E-state index contributed by atoms with van der Waals surface area (Å²) in [5, 5.41) is 2.41. The van der Waals surface area contributed by atoms with Crippen molar-refractivity contribution >= 4 is 11.8 Å². The molecule has 0 aromatic heterocycles. The average molecular weight is 355 g/mol. The number of benzene rings is 2. The zero-order valence-electron chi connectivity index (χ0n) is 13.4. The lowest BCUT2D eigenvalue weighted by molar-refractivity contribution is -0.124. The molecular weight excluding hydrogens is 335 g/mol. The van der Waals surface area contributed by atoms with Crippen LogP contribution in [0, 0.1) is 0 Å². The van der Waals surface area contributed by atoms with Gasteiger partial charge in [0.15, 0.2) is 0 Å². The Hall–Kier alpha value is -1.66. The predicted octanol–water partition coefficient (Wildman–Crippen LogP) is 4.93. The van der Waals surface area contributed by atoms with Gasteiger partial charge in [0.2, 0.25) is 0 Å². The summed E-state index contributed by atoms with van der Waals surface area (Å²) >= 11 is 1.64. The highest BCUT2D eigenvalue weighted by Gasteiger charge is 2.25. The first-order valence-electron chi connectivity index (χ1n) is 7.64. The molecule has 0 amide bonds. The van der Waals surface area contributed by atoms with Crippen molar-refractivity contribution in [1.82, 2.24) is 5.32 Å². The molecule has 0 aliphatic rings. The summed E-state index contributed by atoms with van der Waals surface area (Å²) in [6.07, 6.45) is -2.70. The molecule has 0 bridgehead atoms. The van der Waals surface area contributed by atoms with E-state index in [4.69, 9.17) is 4.74 Å². The molecule has 6 heteroatoms. The number of halogens is 3. The van der Waals surface area contributed by atoms with E-state index in [9.17, 15) is 13.2 Å². The van der Waals surface area contributed by atoms with Crippen molar-refractivity contribution in [2.45, 2.75) is 28.8 Å². The highest BCUT2D eigenvalue weighted by Crippen LogP contribution is 2.30. The zero-order chi connectivity index (χ0) is 17.4. The van der Waals surface area contributed by atoms with Crippen LogP contribution < -0.4 is 10.1 Å². The Labute approximate surface area is 144 Å². The summed E-state index contributed by atoms with van der Waals surface area (Å²) in [5.74, 6) is 0.822. The highest BCUT2D eigenvalue weighted by atomic mass is 32.2. The molecule has 2 aromatic rings. The van der Waals surface area contributed by atoms with E-state index in [-0.39, 0.29) is 0 Å². The van der Waals surface area contributed by atoms with Gasteiger partial charge in [0.25, 0.3) is 0 Å². The molecule has 0 saturated carbocycles. The van der Waals surface area contributed by atoms with Crippen LogP contribution in [0.25, 0.3) is 0 Å². The van der Waals surface area contributed by atoms with Crippen LogP contribution in [0.4, 0.5) is 13.2 Å². The Kier molecular flexibility index (Phi) is 6.99. The van der Waals surface area contributed by atoms with Gasteiger partial charge in [-0.3, -0.25) is 0 Å². The minimum absolute atomic E-state index is 0.361. The second-order valence-corrected chi connectivity index (χ2v) is 6.47. The Balaban J connectivity index is 1.78. The number of nitrogens with one attached hydrogen (secondary N) is 1. The zero-order valence-corrected chi connectivity index (χ0v) is 14.2. The molecule has 0 aliphatic heterocycles. The van der Waals surface area contributed by atoms with E-state index < -0.39 is 12.7 Å². The SMILES string of the molecule is COc1cccc(Sc2ccc(CCCNCC(F)(F)F)cc2)c1. The number of methoxy groups -OCH3 is 1. The first-order valence-corrected chi connectivity index (χ1v) is 8.46. The number of aryl methyl sites for hydroxylation is 1.